The number of imidazole rings is 1. The van der Waals surface area contributed by atoms with Crippen LogP contribution in [0.1, 0.15) is 49.0 Å². The molecule has 1 N–H and O–H groups in total. The highest BCUT2D eigenvalue weighted by Gasteiger charge is 2.30. The molecular weight excluding hydrogens is 166 g/mol. The zero-order valence-corrected chi connectivity index (χ0v) is 8.03. The normalized spacial score (nSPS) is 20.6. The zero-order chi connectivity index (χ0) is 9.59. The van der Waals surface area contributed by atoms with E-state index in [0.717, 1.165) is 5.69 Å². The van der Waals surface area contributed by atoms with Gasteiger partial charge in [0, 0.05) is 6.04 Å². The molecule has 0 bridgehead atoms. The van der Waals surface area contributed by atoms with Gasteiger partial charge in [0.15, 0.2) is 5.69 Å². The number of fused-ring (bicyclic) bond motifs is 1. The summed E-state index contributed by atoms with van der Waals surface area (Å²) in [6, 6.07) is 0.443. The molecular formula is C9H13N3O. The number of amides is 1. The standard InChI is InChI=1S/C9H13N3O/c1-5(2)12-4-10-7-8(12)6(3)11-9(7)13/h4-6H,1-3H3,(H,11,13). The molecule has 70 valence electrons. The van der Waals surface area contributed by atoms with Crippen LogP contribution in [0.3, 0.4) is 0 Å². The maximum Gasteiger partial charge on any atom is 0.272 e. The molecule has 2 rings (SSSR count). The van der Waals surface area contributed by atoms with Gasteiger partial charge in [-0.25, -0.2) is 4.98 Å². The fraction of sp³-hybridized carbons (Fsp3) is 0.556. The van der Waals surface area contributed by atoms with Gasteiger partial charge in [0.1, 0.15) is 0 Å². The minimum absolute atomic E-state index is 0.0538. The number of rotatable bonds is 1. The molecule has 0 radical (unpaired) electrons. The van der Waals surface area contributed by atoms with Crippen molar-refractivity contribution < 1.29 is 4.79 Å². The molecule has 1 atom stereocenters. The van der Waals surface area contributed by atoms with Gasteiger partial charge in [-0.3, -0.25) is 4.79 Å². The smallest absolute Gasteiger partial charge is 0.272 e. The molecule has 4 heteroatoms. The van der Waals surface area contributed by atoms with Crippen molar-refractivity contribution in [1.29, 1.82) is 0 Å². The summed E-state index contributed by atoms with van der Waals surface area (Å²) in [5, 5.41) is 2.84. The third kappa shape index (κ3) is 1.05. The lowest BCUT2D eigenvalue weighted by molar-refractivity contribution is 0.0954. The molecule has 1 aliphatic heterocycles. The first-order chi connectivity index (χ1) is 6.11. The van der Waals surface area contributed by atoms with Gasteiger partial charge in [-0.15, -0.1) is 0 Å². The molecule has 1 aliphatic rings. The second kappa shape index (κ2) is 2.58. The molecule has 2 heterocycles. The van der Waals surface area contributed by atoms with E-state index >= 15 is 0 Å². The number of hydrogen-bond acceptors (Lipinski definition) is 2. The summed E-state index contributed by atoms with van der Waals surface area (Å²) < 4.78 is 2.04. The number of carbonyl (C=O) groups excluding carboxylic acids is 1. The van der Waals surface area contributed by atoms with Crippen LogP contribution in [0.15, 0.2) is 6.33 Å². The van der Waals surface area contributed by atoms with E-state index in [0.29, 0.717) is 11.7 Å². The van der Waals surface area contributed by atoms with Gasteiger partial charge in [0.05, 0.1) is 18.1 Å². The summed E-state index contributed by atoms with van der Waals surface area (Å²) in [5.74, 6) is -0.0538. The van der Waals surface area contributed by atoms with Crippen molar-refractivity contribution in [1.82, 2.24) is 14.9 Å². The molecule has 0 spiro atoms. The van der Waals surface area contributed by atoms with Gasteiger partial charge in [-0.2, -0.15) is 0 Å². The lowest BCUT2D eigenvalue weighted by atomic mass is 10.2. The van der Waals surface area contributed by atoms with Crippen LogP contribution in [0.4, 0.5) is 0 Å². The molecule has 0 fully saturated rings. The number of aromatic nitrogens is 2. The van der Waals surface area contributed by atoms with E-state index in [1.54, 1.807) is 6.33 Å². The van der Waals surface area contributed by atoms with Crippen LogP contribution in [0.5, 0.6) is 0 Å². The highest BCUT2D eigenvalue weighted by molar-refractivity contribution is 5.96. The molecule has 1 amide bonds. The SMILES string of the molecule is CC1NC(=O)c2ncn(C(C)C)c21. The Morgan fingerprint density at radius 3 is 2.92 bits per heavy atom. The molecule has 1 aromatic rings. The first-order valence-corrected chi connectivity index (χ1v) is 4.49. The number of carbonyl (C=O) groups is 1. The highest BCUT2D eigenvalue weighted by Crippen LogP contribution is 2.26. The minimum Gasteiger partial charge on any atom is -0.343 e. The van der Waals surface area contributed by atoms with Crippen molar-refractivity contribution in [3.63, 3.8) is 0 Å². The molecule has 13 heavy (non-hydrogen) atoms. The van der Waals surface area contributed by atoms with E-state index in [1.807, 2.05) is 11.5 Å². The van der Waals surface area contributed by atoms with Gasteiger partial charge in [-0.05, 0) is 20.8 Å². The van der Waals surface area contributed by atoms with Crippen LogP contribution in [0.25, 0.3) is 0 Å². The van der Waals surface area contributed by atoms with Crippen molar-refractivity contribution >= 4 is 5.91 Å². The van der Waals surface area contributed by atoms with Crippen molar-refractivity contribution in [3.05, 3.63) is 17.7 Å². The first-order valence-electron chi connectivity index (χ1n) is 4.49. The fourth-order valence-electron chi connectivity index (χ4n) is 1.72. The Labute approximate surface area is 77.0 Å². The molecule has 0 saturated heterocycles. The molecule has 0 aromatic carbocycles. The molecule has 1 aromatic heterocycles. The van der Waals surface area contributed by atoms with Crippen LogP contribution in [0, 0.1) is 0 Å². The highest BCUT2D eigenvalue weighted by atomic mass is 16.2. The Morgan fingerprint density at radius 2 is 2.31 bits per heavy atom. The third-order valence-electron chi connectivity index (χ3n) is 2.36. The van der Waals surface area contributed by atoms with Crippen LogP contribution < -0.4 is 5.32 Å². The van der Waals surface area contributed by atoms with E-state index in [-0.39, 0.29) is 11.9 Å². The second-order valence-electron chi connectivity index (χ2n) is 3.67. The minimum atomic E-state index is -0.0538. The van der Waals surface area contributed by atoms with Crippen molar-refractivity contribution in [2.45, 2.75) is 32.9 Å². The summed E-state index contributed by atoms with van der Waals surface area (Å²) in [4.78, 5) is 15.4. The van der Waals surface area contributed by atoms with E-state index in [2.05, 4.69) is 24.1 Å². The van der Waals surface area contributed by atoms with E-state index < -0.39 is 0 Å². The quantitative estimate of drug-likeness (QED) is 0.705. The molecule has 1 unspecified atom stereocenters. The molecule has 0 saturated carbocycles. The van der Waals surface area contributed by atoms with E-state index in [4.69, 9.17) is 0 Å². The van der Waals surface area contributed by atoms with E-state index in [9.17, 15) is 4.79 Å². The zero-order valence-electron chi connectivity index (χ0n) is 8.03. The van der Waals surface area contributed by atoms with Crippen molar-refractivity contribution in [2.75, 3.05) is 0 Å². The van der Waals surface area contributed by atoms with E-state index in [1.165, 1.54) is 0 Å². The van der Waals surface area contributed by atoms with Crippen LogP contribution >= 0.6 is 0 Å². The lowest BCUT2D eigenvalue weighted by Crippen LogP contribution is -2.18. The van der Waals surface area contributed by atoms with Gasteiger partial charge >= 0.3 is 0 Å². The van der Waals surface area contributed by atoms with Crippen molar-refractivity contribution in [3.8, 4) is 0 Å². The average molecular weight is 179 g/mol. The Hall–Kier alpha value is -1.32. The fourth-order valence-corrected chi connectivity index (χ4v) is 1.72. The first kappa shape index (κ1) is 8.29. The Morgan fingerprint density at radius 1 is 1.62 bits per heavy atom. The Kier molecular flexibility index (Phi) is 1.65. The average Bonchev–Trinajstić information content (AvgIpc) is 2.55. The summed E-state index contributed by atoms with van der Waals surface area (Å²) in [7, 11) is 0. The maximum absolute atomic E-state index is 11.3. The Balaban J connectivity index is 2.54. The Bertz CT molecular complexity index is 354. The summed E-state index contributed by atoms with van der Waals surface area (Å²) in [5.41, 5.74) is 1.60. The van der Waals surface area contributed by atoms with Crippen LogP contribution in [-0.4, -0.2) is 15.5 Å². The predicted octanol–water partition coefficient (Wildman–Crippen LogP) is 1.27. The molecule has 4 nitrogen and oxygen atoms in total. The topological polar surface area (TPSA) is 46.9 Å². The van der Waals surface area contributed by atoms with Gasteiger partial charge in [0.25, 0.3) is 5.91 Å². The van der Waals surface area contributed by atoms with Crippen LogP contribution in [-0.2, 0) is 0 Å². The van der Waals surface area contributed by atoms with Gasteiger partial charge in [-0.1, -0.05) is 0 Å². The summed E-state index contributed by atoms with van der Waals surface area (Å²) >= 11 is 0. The summed E-state index contributed by atoms with van der Waals surface area (Å²) in [6.07, 6.45) is 1.74. The predicted molar refractivity (Wildman–Crippen MR) is 48.5 cm³/mol. The van der Waals surface area contributed by atoms with Gasteiger partial charge < -0.3 is 9.88 Å². The second-order valence-corrected chi connectivity index (χ2v) is 3.67. The van der Waals surface area contributed by atoms with Crippen LogP contribution in [0.2, 0.25) is 0 Å². The number of nitrogens with zero attached hydrogens (tertiary/aromatic N) is 2. The third-order valence-corrected chi connectivity index (χ3v) is 2.36. The van der Waals surface area contributed by atoms with Gasteiger partial charge in [0.2, 0.25) is 0 Å². The number of hydrogen-bond donors (Lipinski definition) is 1. The summed E-state index contributed by atoms with van der Waals surface area (Å²) in [6.45, 7) is 6.14. The van der Waals surface area contributed by atoms with Crippen molar-refractivity contribution in [2.24, 2.45) is 0 Å². The maximum atomic E-state index is 11.3. The number of nitrogens with one attached hydrogen (secondary N) is 1. The monoisotopic (exact) mass is 179 g/mol. The lowest BCUT2D eigenvalue weighted by Gasteiger charge is -2.13. The molecule has 0 aliphatic carbocycles. The largest absolute Gasteiger partial charge is 0.343 e.